The first kappa shape index (κ1) is 29.6. The molecule has 1 aromatic rings. The van der Waals surface area contributed by atoms with Crippen molar-refractivity contribution in [3.8, 4) is 5.75 Å². The average molecular weight is 565 g/mol. The molecule has 0 atom stereocenters. The average Bonchev–Trinajstić information content (AvgIpc) is 3.68. The minimum atomic E-state index is -0.404. The summed E-state index contributed by atoms with van der Waals surface area (Å²) in [5.74, 6) is 3.32. The third-order valence-electron chi connectivity index (χ3n) is 8.78. The fourth-order valence-electron chi connectivity index (χ4n) is 6.52. The van der Waals surface area contributed by atoms with Crippen molar-refractivity contribution in [1.29, 1.82) is 0 Å². The first-order chi connectivity index (χ1) is 19.4. The lowest BCUT2D eigenvalue weighted by molar-refractivity contribution is 0.0754. The van der Waals surface area contributed by atoms with E-state index in [1.165, 1.54) is 5.57 Å². The van der Waals surface area contributed by atoms with Gasteiger partial charge in [-0.05, 0) is 73.5 Å². The first-order valence-electron chi connectivity index (χ1n) is 15.4. The Balaban J connectivity index is 1.53. The molecule has 1 aliphatic carbocycles. The zero-order chi connectivity index (χ0) is 29.7. The van der Waals surface area contributed by atoms with E-state index in [1.54, 1.807) is 7.11 Å². The highest BCUT2D eigenvalue weighted by Gasteiger charge is 2.61. The molecular formula is C33H48N4O4. The standard InChI is InChI=1S/C33H48N4O4/c1-10-41-31-28(21(4)5)27(20(2)3)30-34-36(33(13-14-33)37(30)35-31)19-26(38)23-17-24(22-11-15-40-16-12-22)29(39-9)25(18-23)32(6,7)8/h17-18,20-22H,10-16,19H2,1-9H3. The lowest BCUT2D eigenvalue weighted by atomic mass is 9.80. The van der Waals surface area contributed by atoms with Crippen molar-refractivity contribution in [2.75, 3.05) is 33.5 Å². The highest BCUT2D eigenvalue weighted by molar-refractivity contribution is 6.11. The fourth-order valence-corrected chi connectivity index (χ4v) is 6.52. The molecule has 3 heterocycles. The zero-order valence-electron chi connectivity index (χ0n) is 26.5. The summed E-state index contributed by atoms with van der Waals surface area (Å²) in [5, 5.41) is 14.2. The Kier molecular flexibility index (Phi) is 8.01. The first-order valence-corrected chi connectivity index (χ1v) is 15.4. The van der Waals surface area contributed by atoms with Gasteiger partial charge in [0.1, 0.15) is 12.3 Å². The van der Waals surface area contributed by atoms with Gasteiger partial charge in [0.2, 0.25) is 5.90 Å². The molecule has 4 aliphatic rings. The maximum Gasteiger partial charge on any atom is 0.235 e. The summed E-state index contributed by atoms with van der Waals surface area (Å²) < 4.78 is 17.7. The molecule has 8 nitrogen and oxygen atoms in total. The second-order valence-electron chi connectivity index (χ2n) is 13.5. The Morgan fingerprint density at radius 1 is 1.07 bits per heavy atom. The number of ether oxygens (including phenoxy) is 3. The van der Waals surface area contributed by atoms with E-state index in [4.69, 9.17) is 24.4 Å². The van der Waals surface area contributed by atoms with Gasteiger partial charge in [-0.2, -0.15) is 5.10 Å². The normalized spacial score (nSPS) is 20.6. The predicted octanol–water partition coefficient (Wildman–Crippen LogP) is 6.46. The van der Waals surface area contributed by atoms with Crippen LogP contribution in [0.5, 0.6) is 5.75 Å². The van der Waals surface area contributed by atoms with Crippen molar-refractivity contribution in [1.82, 2.24) is 10.0 Å². The van der Waals surface area contributed by atoms with Crippen molar-refractivity contribution >= 4 is 17.5 Å². The van der Waals surface area contributed by atoms with E-state index >= 15 is 0 Å². The summed E-state index contributed by atoms with van der Waals surface area (Å²) in [4.78, 5) is 14.1. The van der Waals surface area contributed by atoms with Crippen LogP contribution < -0.4 is 4.74 Å². The fraction of sp³-hybridized carbons (Fsp3) is 0.667. The molecule has 0 bridgehead atoms. The van der Waals surface area contributed by atoms with Gasteiger partial charge in [-0.25, -0.2) is 5.01 Å². The molecule has 2 fully saturated rings. The van der Waals surface area contributed by atoms with Crippen LogP contribution in [0.25, 0.3) is 0 Å². The molecule has 3 aliphatic heterocycles. The third-order valence-corrected chi connectivity index (χ3v) is 8.78. The number of hydrogen-bond donors (Lipinski definition) is 0. The Morgan fingerprint density at radius 3 is 2.27 bits per heavy atom. The van der Waals surface area contributed by atoms with Crippen LogP contribution in [-0.2, 0) is 14.9 Å². The van der Waals surface area contributed by atoms with Gasteiger partial charge in [-0.3, -0.25) is 9.80 Å². The van der Waals surface area contributed by atoms with E-state index in [0.29, 0.717) is 18.4 Å². The number of benzene rings is 1. The van der Waals surface area contributed by atoms with Crippen molar-refractivity contribution in [2.24, 2.45) is 22.0 Å². The Labute approximate surface area is 245 Å². The molecule has 5 rings (SSSR count). The number of carbonyl (C=O) groups excluding carboxylic acids is 1. The lowest BCUT2D eigenvalue weighted by Gasteiger charge is -2.34. The molecule has 1 spiro atoms. The van der Waals surface area contributed by atoms with Gasteiger partial charge < -0.3 is 14.2 Å². The number of ketones is 1. The summed E-state index contributed by atoms with van der Waals surface area (Å²) in [6, 6.07) is 4.12. The van der Waals surface area contributed by atoms with Gasteiger partial charge in [-0.15, -0.1) is 5.10 Å². The summed E-state index contributed by atoms with van der Waals surface area (Å²) in [7, 11) is 1.74. The van der Waals surface area contributed by atoms with E-state index in [1.807, 2.05) is 18.0 Å². The second kappa shape index (κ2) is 11.1. The molecule has 1 saturated carbocycles. The smallest absolute Gasteiger partial charge is 0.235 e. The number of rotatable bonds is 8. The predicted molar refractivity (Wildman–Crippen MR) is 163 cm³/mol. The summed E-state index contributed by atoms with van der Waals surface area (Å²) in [5.41, 5.74) is 4.61. The topological polar surface area (TPSA) is 76.0 Å². The number of carbonyl (C=O) groups is 1. The number of hydrogen-bond acceptors (Lipinski definition) is 8. The largest absolute Gasteiger partial charge is 0.496 e. The molecular weight excluding hydrogens is 516 g/mol. The maximum atomic E-state index is 14.1. The molecule has 8 heteroatoms. The number of hydrazone groups is 2. The van der Waals surface area contributed by atoms with Gasteiger partial charge in [0, 0.05) is 35.5 Å². The minimum Gasteiger partial charge on any atom is -0.496 e. The van der Waals surface area contributed by atoms with Gasteiger partial charge in [0.05, 0.1) is 13.7 Å². The number of methoxy groups -OCH3 is 1. The molecule has 1 saturated heterocycles. The van der Waals surface area contributed by atoms with Gasteiger partial charge >= 0.3 is 0 Å². The maximum absolute atomic E-state index is 14.1. The van der Waals surface area contributed by atoms with E-state index in [-0.39, 0.29) is 29.6 Å². The number of fused-ring (bicyclic) bond motifs is 2. The van der Waals surface area contributed by atoms with Crippen molar-refractivity contribution in [2.45, 2.75) is 98.1 Å². The molecule has 0 radical (unpaired) electrons. The molecule has 0 N–H and O–H groups in total. The quantitative estimate of drug-likeness (QED) is 0.337. The van der Waals surface area contributed by atoms with E-state index in [2.05, 4.69) is 59.5 Å². The number of amidine groups is 1. The SMILES string of the molecule is CCOC1=NN2C(=NN(CC(=O)c3cc(C4CCOCC4)c(OC)c(C(C)(C)C)c3)C23CC3)C(C(C)C)=C1C(C)C. The molecule has 0 unspecified atom stereocenters. The highest BCUT2D eigenvalue weighted by atomic mass is 16.5. The Morgan fingerprint density at radius 2 is 1.73 bits per heavy atom. The van der Waals surface area contributed by atoms with E-state index in [9.17, 15) is 4.79 Å². The monoisotopic (exact) mass is 564 g/mol. The van der Waals surface area contributed by atoms with Crippen LogP contribution in [0.3, 0.4) is 0 Å². The molecule has 1 aromatic carbocycles. The highest BCUT2D eigenvalue weighted by Crippen LogP contribution is 2.52. The summed E-state index contributed by atoms with van der Waals surface area (Å²) in [6.07, 6.45) is 3.67. The lowest BCUT2D eigenvalue weighted by Crippen LogP contribution is -2.46. The summed E-state index contributed by atoms with van der Waals surface area (Å²) in [6.45, 7) is 19.5. The molecule has 0 amide bonds. The van der Waals surface area contributed by atoms with Crippen LogP contribution in [0, 0.1) is 11.8 Å². The molecule has 41 heavy (non-hydrogen) atoms. The van der Waals surface area contributed by atoms with Crippen LogP contribution in [0.4, 0.5) is 0 Å². The Bertz CT molecular complexity index is 1280. The minimum absolute atomic E-state index is 0.0649. The van der Waals surface area contributed by atoms with Crippen LogP contribution in [0.2, 0.25) is 0 Å². The van der Waals surface area contributed by atoms with Crippen LogP contribution in [0.1, 0.15) is 108 Å². The van der Waals surface area contributed by atoms with Crippen LogP contribution in [0.15, 0.2) is 33.5 Å². The number of Topliss-reactive ketones (excluding diaryl/α,β-unsaturated/α-hetero) is 1. The zero-order valence-corrected chi connectivity index (χ0v) is 26.5. The second-order valence-corrected chi connectivity index (χ2v) is 13.5. The number of nitrogens with zero attached hydrogens (tertiary/aromatic N) is 4. The van der Waals surface area contributed by atoms with E-state index in [0.717, 1.165) is 72.7 Å². The summed E-state index contributed by atoms with van der Waals surface area (Å²) >= 11 is 0. The molecule has 224 valence electrons. The van der Waals surface area contributed by atoms with Gasteiger partial charge in [0.15, 0.2) is 17.3 Å². The van der Waals surface area contributed by atoms with Gasteiger partial charge in [0.25, 0.3) is 0 Å². The third kappa shape index (κ3) is 5.28. The van der Waals surface area contributed by atoms with Crippen molar-refractivity contribution in [3.05, 3.63) is 40.0 Å². The van der Waals surface area contributed by atoms with Crippen molar-refractivity contribution in [3.63, 3.8) is 0 Å². The van der Waals surface area contributed by atoms with Gasteiger partial charge in [-0.1, -0.05) is 48.5 Å². The van der Waals surface area contributed by atoms with Crippen LogP contribution >= 0.6 is 0 Å². The van der Waals surface area contributed by atoms with Crippen LogP contribution in [-0.4, -0.2) is 66.7 Å². The Hall–Kier alpha value is -2.87. The van der Waals surface area contributed by atoms with Crippen molar-refractivity contribution < 1.29 is 19.0 Å². The molecule has 0 aromatic heterocycles. The van der Waals surface area contributed by atoms with E-state index < -0.39 is 5.66 Å².